The topological polar surface area (TPSA) is 87.0 Å². The van der Waals surface area contributed by atoms with Gasteiger partial charge in [0, 0.05) is 6.04 Å². The van der Waals surface area contributed by atoms with Gasteiger partial charge < -0.3 is 5.32 Å². The van der Waals surface area contributed by atoms with E-state index in [0.29, 0.717) is 6.42 Å². The standard InChI is InChI=1S/C14H18N2O3S/c15-9-12(8-11-4-2-1-3-5-11)14(17)16-13-6-7-20(18,19)10-13/h1-2,8,11,13H,3-7,10H2,(H,16,17)/b12-8+/t11-,13+/m1/s1. The molecule has 1 fully saturated rings. The van der Waals surface area contributed by atoms with Gasteiger partial charge in [-0.05, 0) is 31.6 Å². The van der Waals surface area contributed by atoms with E-state index in [1.165, 1.54) is 0 Å². The van der Waals surface area contributed by atoms with Gasteiger partial charge in [0.25, 0.3) is 5.91 Å². The van der Waals surface area contributed by atoms with Gasteiger partial charge in [0.15, 0.2) is 9.84 Å². The molecule has 1 heterocycles. The van der Waals surface area contributed by atoms with Gasteiger partial charge >= 0.3 is 0 Å². The molecule has 0 aromatic heterocycles. The van der Waals surface area contributed by atoms with Crippen molar-refractivity contribution in [2.24, 2.45) is 5.92 Å². The lowest BCUT2D eigenvalue weighted by atomic mass is 9.92. The number of hydrogen-bond acceptors (Lipinski definition) is 4. The third-order valence-corrected chi connectivity index (χ3v) is 5.41. The predicted octanol–water partition coefficient (Wildman–Crippen LogP) is 1.10. The summed E-state index contributed by atoms with van der Waals surface area (Å²) in [4.78, 5) is 12.0. The van der Waals surface area contributed by atoms with E-state index >= 15 is 0 Å². The van der Waals surface area contributed by atoms with Crippen LogP contribution in [-0.4, -0.2) is 31.9 Å². The molecule has 1 aliphatic carbocycles. The lowest BCUT2D eigenvalue weighted by Crippen LogP contribution is -2.36. The molecule has 108 valence electrons. The summed E-state index contributed by atoms with van der Waals surface area (Å²) < 4.78 is 22.7. The first-order chi connectivity index (χ1) is 9.50. The molecule has 2 atom stereocenters. The third-order valence-electron chi connectivity index (χ3n) is 3.64. The Balaban J connectivity index is 1.97. The average molecular weight is 294 g/mol. The summed E-state index contributed by atoms with van der Waals surface area (Å²) in [5.41, 5.74) is 0.0922. The van der Waals surface area contributed by atoms with Crippen LogP contribution in [0.1, 0.15) is 25.7 Å². The number of sulfone groups is 1. The normalized spacial score (nSPS) is 28.9. The Bertz CT molecular complexity index is 584. The molecule has 6 heteroatoms. The van der Waals surface area contributed by atoms with Crippen LogP contribution in [0, 0.1) is 17.2 Å². The van der Waals surface area contributed by atoms with Crippen LogP contribution in [0.25, 0.3) is 0 Å². The Morgan fingerprint density at radius 2 is 2.15 bits per heavy atom. The molecule has 0 bridgehead atoms. The first kappa shape index (κ1) is 14.8. The van der Waals surface area contributed by atoms with Crippen LogP contribution in [-0.2, 0) is 14.6 Å². The van der Waals surface area contributed by atoms with E-state index in [1.54, 1.807) is 6.08 Å². The molecular formula is C14H18N2O3S. The van der Waals surface area contributed by atoms with Crippen molar-refractivity contribution in [2.45, 2.75) is 31.7 Å². The highest BCUT2D eigenvalue weighted by molar-refractivity contribution is 7.91. The second kappa shape index (κ2) is 6.23. The summed E-state index contributed by atoms with van der Waals surface area (Å²) in [6.07, 6.45) is 9.04. The van der Waals surface area contributed by atoms with E-state index in [2.05, 4.69) is 17.5 Å². The molecule has 1 amide bonds. The van der Waals surface area contributed by atoms with Crippen molar-refractivity contribution in [3.63, 3.8) is 0 Å². The van der Waals surface area contributed by atoms with Crippen molar-refractivity contribution < 1.29 is 13.2 Å². The molecule has 0 aromatic carbocycles. The molecule has 0 spiro atoms. The SMILES string of the molecule is N#C/C(=C\[C@@H]1CC=CCC1)C(=O)N[C@H]1CCS(=O)(=O)C1. The smallest absolute Gasteiger partial charge is 0.261 e. The summed E-state index contributed by atoms with van der Waals surface area (Å²) in [7, 11) is -3.03. The Labute approximate surface area is 119 Å². The Hall–Kier alpha value is -1.61. The summed E-state index contributed by atoms with van der Waals surface area (Å²) in [5, 5.41) is 11.7. The zero-order valence-corrected chi connectivity index (χ0v) is 12.0. The first-order valence-electron chi connectivity index (χ1n) is 6.78. The molecular weight excluding hydrogens is 276 g/mol. The van der Waals surface area contributed by atoms with Crippen LogP contribution in [0.4, 0.5) is 0 Å². The maximum atomic E-state index is 12.0. The third kappa shape index (κ3) is 3.94. The number of hydrogen-bond donors (Lipinski definition) is 1. The minimum absolute atomic E-state index is 0.0242. The van der Waals surface area contributed by atoms with Crippen LogP contribution in [0.3, 0.4) is 0 Å². The van der Waals surface area contributed by atoms with Crippen LogP contribution < -0.4 is 5.32 Å². The van der Waals surface area contributed by atoms with Gasteiger partial charge in [0.2, 0.25) is 0 Å². The summed E-state index contributed by atoms with van der Waals surface area (Å²) >= 11 is 0. The second-order valence-corrected chi connectivity index (χ2v) is 7.54. The lowest BCUT2D eigenvalue weighted by molar-refractivity contribution is -0.117. The van der Waals surface area contributed by atoms with E-state index in [9.17, 15) is 13.2 Å². The number of amides is 1. The minimum Gasteiger partial charge on any atom is -0.348 e. The Morgan fingerprint density at radius 3 is 2.70 bits per heavy atom. The van der Waals surface area contributed by atoms with Gasteiger partial charge in [0.05, 0.1) is 11.5 Å². The quantitative estimate of drug-likeness (QED) is 0.479. The van der Waals surface area contributed by atoms with Crippen LogP contribution in [0.15, 0.2) is 23.8 Å². The fourth-order valence-electron chi connectivity index (χ4n) is 2.54. The molecule has 5 nitrogen and oxygen atoms in total. The molecule has 20 heavy (non-hydrogen) atoms. The van der Waals surface area contributed by atoms with Crippen molar-refractivity contribution in [3.05, 3.63) is 23.8 Å². The Morgan fingerprint density at radius 1 is 1.35 bits per heavy atom. The summed E-state index contributed by atoms with van der Waals surface area (Å²) in [6, 6.07) is 1.55. The lowest BCUT2D eigenvalue weighted by Gasteiger charge is -2.15. The highest BCUT2D eigenvalue weighted by Gasteiger charge is 2.29. The molecule has 0 unspecified atom stereocenters. The highest BCUT2D eigenvalue weighted by atomic mass is 32.2. The fourth-order valence-corrected chi connectivity index (χ4v) is 4.21. The van der Waals surface area contributed by atoms with Crippen molar-refractivity contribution in [3.8, 4) is 6.07 Å². The van der Waals surface area contributed by atoms with Gasteiger partial charge in [-0.2, -0.15) is 5.26 Å². The maximum absolute atomic E-state index is 12.0. The van der Waals surface area contributed by atoms with E-state index in [0.717, 1.165) is 19.3 Å². The van der Waals surface area contributed by atoms with Crippen LogP contribution in [0.5, 0.6) is 0 Å². The van der Waals surface area contributed by atoms with Crippen LogP contribution >= 0.6 is 0 Å². The number of nitrogens with one attached hydrogen (secondary N) is 1. The van der Waals surface area contributed by atoms with E-state index < -0.39 is 15.7 Å². The first-order valence-corrected chi connectivity index (χ1v) is 8.60. The molecule has 1 N–H and O–H groups in total. The predicted molar refractivity (Wildman–Crippen MR) is 75.4 cm³/mol. The van der Waals surface area contributed by atoms with Crippen molar-refractivity contribution in [1.29, 1.82) is 5.26 Å². The number of nitrogens with zero attached hydrogens (tertiary/aromatic N) is 1. The molecule has 0 aromatic rings. The van der Waals surface area contributed by atoms with Gasteiger partial charge in [-0.15, -0.1) is 0 Å². The molecule has 0 radical (unpaired) electrons. The number of allylic oxidation sites excluding steroid dienone is 3. The molecule has 2 rings (SSSR count). The van der Waals surface area contributed by atoms with Gasteiger partial charge in [-0.1, -0.05) is 18.2 Å². The van der Waals surface area contributed by atoms with E-state index in [1.807, 2.05) is 6.07 Å². The molecule has 0 saturated carbocycles. The van der Waals surface area contributed by atoms with Gasteiger partial charge in [-0.25, -0.2) is 8.42 Å². The number of nitriles is 1. The molecule has 2 aliphatic rings. The van der Waals surface area contributed by atoms with Crippen LogP contribution in [0.2, 0.25) is 0 Å². The largest absolute Gasteiger partial charge is 0.348 e. The summed E-state index contributed by atoms with van der Waals surface area (Å²) in [5.74, 6) is -0.155. The van der Waals surface area contributed by atoms with Crippen molar-refractivity contribution in [2.75, 3.05) is 11.5 Å². The summed E-state index contributed by atoms with van der Waals surface area (Å²) in [6.45, 7) is 0. The number of rotatable bonds is 3. The Kier molecular flexibility index (Phi) is 4.61. The van der Waals surface area contributed by atoms with E-state index in [-0.39, 0.29) is 29.0 Å². The molecule has 1 saturated heterocycles. The minimum atomic E-state index is -3.03. The fraction of sp³-hybridized carbons (Fsp3) is 0.571. The van der Waals surface area contributed by atoms with Gasteiger partial charge in [0.1, 0.15) is 11.6 Å². The zero-order valence-electron chi connectivity index (χ0n) is 11.2. The average Bonchev–Trinajstić information content (AvgIpc) is 2.76. The highest BCUT2D eigenvalue weighted by Crippen LogP contribution is 2.21. The maximum Gasteiger partial charge on any atom is 0.261 e. The van der Waals surface area contributed by atoms with E-state index in [4.69, 9.17) is 5.26 Å². The van der Waals surface area contributed by atoms with Crippen molar-refractivity contribution in [1.82, 2.24) is 5.32 Å². The second-order valence-electron chi connectivity index (χ2n) is 5.31. The molecule has 1 aliphatic heterocycles. The zero-order chi connectivity index (χ0) is 14.6. The number of carbonyl (C=O) groups is 1. The number of carbonyl (C=O) groups excluding carboxylic acids is 1. The van der Waals surface area contributed by atoms with Gasteiger partial charge in [-0.3, -0.25) is 4.79 Å². The van der Waals surface area contributed by atoms with Crippen molar-refractivity contribution >= 4 is 15.7 Å². The monoisotopic (exact) mass is 294 g/mol.